The van der Waals surface area contributed by atoms with Gasteiger partial charge in [0.15, 0.2) is 17.2 Å². The van der Waals surface area contributed by atoms with E-state index in [-0.39, 0.29) is 5.91 Å². The maximum Gasteiger partial charge on any atom is 0.225 e. The van der Waals surface area contributed by atoms with Crippen LogP contribution < -0.4 is 9.47 Å². The molecule has 0 unspecified atom stereocenters. The number of amides is 1. The summed E-state index contributed by atoms with van der Waals surface area (Å²) in [6.45, 7) is 2.01. The van der Waals surface area contributed by atoms with Gasteiger partial charge in [0.1, 0.15) is 6.07 Å². The molecule has 0 aliphatic carbocycles. The third-order valence-electron chi connectivity index (χ3n) is 4.83. The van der Waals surface area contributed by atoms with Crippen molar-refractivity contribution in [3.05, 3.63) is 60.4 Å². The van der Waals surface area contributed by atoms with Crippen molar-refractivity contribution in [1.82, 2.24) is 9.30 Å². The van der Waals surface area contributed by atoms with E-state index in [4.69, 9.17) is 14.7 Å². The highest BCUT2D eigenvalue weighted by Crippen LogP contribution is 2.34. The predicted molar refractivity (Wildman–Crippen MR) is 105 cm³/mol. The lowest BCUT2D eigenvalue weighted by molar-refractivity contribution is -0.130. The summed E-state index contributed by atoms with van der Waals surface area (Å²) < 4.78 is 13.8. The summed E-state index contributed by atoms with van der Waals surface area (Å²) in [6, 6.07) is 15.0. The van der Waals surface area contributed by atoms with Crippen molar-refractivity contribution in [3.63, 3.8) is 0 Å². The average Bonchev–Trinajstić information content (AvgIpc) is 3.39. The molecule has 0 saturated carbocycles. The number of carbonyl (C=O) groups is 1. The maximum absolute atomic E-state index is 12.2. The molecule has 0 atom stereocenters. The van der Waals surface area contributed by atoms with Crippen molar-refractivity contribution >= 4 is 11.4 Å². The van der Waals surface area contributed by atoms with E-state index in [1.54, 1.807) is 12.3 Å². The van der Waals surface area contributed by atoms with Crippen LogP contribution in [0.1, 0.15) is 24.8 Å². The van der Waals surface area contributed by atoms with Gasteiger partial charge in [0, 0.05) is 25.5 Å². The molecule has 3 heterocycles. The Morgan fingerprint density at radius 3 is 2.61 bits per heavy atom. The minimum Gasteiger partial charge on any atom is -0.489 e. The molecule has 2 aromatic heterocycles. The Balaban J connectivity index is 1.47. The van der Waals surface area contributed by atoms with Crippen LogP contribution in [0.3, 0.4) is 0 Å². The monoisotopic (exact) mass is 375 g/mol. The molecule has 6 heteroatoms. The van der Waals surface area contributed by atoms with Crippen LogP contribution in [0.5, 0.6) is 17.2 Å². The highest BCUT2D eigenvalue weighted by Gasteiger charge is 2.18. The van der Waals surface area contributed by atoms with Gasteiger partial charge in [-0.2, -0.15) is 5.26 Å². The fourth-order valence-electron chi connectivity index (χ4n) is 3.40. The van der Waals surface area contributed by atoms with Crippen molar-refractivity contribution in [3.8, 4) is 23.3 Å². The first-order valence-electron chi connectivity index (χ1n) is 9.43. The maximum atomic E-state index is 12.2. The first-order valence-corrected chi connectivity index (χ1v) is 9.43. The normalized spacial score (nSPS) is 13.5. The van der Waals surface area contributed by atoms with Gasteiger partial charge in [-0.1, -0.05) is 12.1 Å². The van der Waals surface area contributed by atoms with Crippen LogP contribution in [-0.2, 0) is 4.79 Å². The van der Waals surface area contributed by atoms with Crippen molar-refractivity contribution in [2.75, 3.05) is 19.7 Å². The molecule has 0 N–H and O–H groups in total. The zero-order valence-corrected chi connectivity index (χ0v) is 15.5. The topological polar surface area (TPSA) is 67.0 Å². The Morgan fingerprint density at radius 2 is 1.82 bits per heavy atom. The van der Waals surface area contributed by atoms with Gasteiger partial charge in [0.2, 0.25) is 5.91 Å². The minimum absolute atomic E-state index is 0.137. The van der Waals surface area contributed by atoms with Gasteiger partial charge < -0.3 is 18.8 Å². The predicted octanol–water partition coefficient (Wildman–Crippen LogP) is 3.99. The van der Waals surface area contributed by atoms with Gasteiger partial charge in [-0.15, -0.1) is 0 Å². The molecule has 1 saturated heterocycles. The summed E-state index contributed by atoms with van der Waals surface area (Å²) in [4.78, 5) is 14.1. The third kappa shape index (κ3) is 3.79. The minimum atomic E-state index is 0.137. The smallest absolute Gasteiger partial charge is 0.225 e. The molecule has 1 aliphatic heterocycles. The van der Waals surface area contributed by atoms with Crippen molar-refractivity contribution in [1.29, 1.82) is 5.26 Å². The molecule has 4 rings (SSSR count). The Labute approximate surface area is 163 Å². The molecule has 6 nitrogen and oxygen atoms in total. The molecule has 1 fully saturated rings. The first-order chi connectivity index (χ1) is 13.7. The van der Waals surface area contributed by atoms with Crippen LogP contribution in [0, 0.1) is 11.3 Å². The lowest BCUT2D eigenvalue weighted by Gasteiger charge is -2.16. The summed E-state index contributed by atoms with van der Waals surface area (Å²) in [5.74, 6) is 1.93. The Kier molecular flexibility index (Phi) is 5.16. The lowest BCUT2D eigenvalue weighted by Crippen LogP contribution is -2.28. The molecule has 1 amide bonds. The molecule has 142 valence electrons. The Morgan fingerprint density at radius 1 is 1.07 bits per heavy atom. The van der Waals surface area contributed by atoms with E-state index in [0.717, 1.165) is 31.4 Å². The molecule has 28 heavy (non-hydrogen) atoms. The van der Waals surface area contributed by atoms with Gasteiger partial charge in [-0.05, 0) is 43.2 Å². The molecule has 0 spiro atoms. The number of ether oxygens (including phenoxy) is 2. The van der Waals surface area contributed by atoms with Crippen molar-refractivity contribution in [2.45, 2.75) is 19.3 Å². The number of hydrogen-bond donors (Lipinski definition) is 0. The molecule has 0 bridgehead atoms. The molecule has 0 radical (unpaired) electrons. The lowest BCUT2D eigenvalue weighted by atomic mass is 10.3. The van der Waals surface area contributed by atoms with Crippen molar-refractivity contribution in [2.24, 2.45) is 0 Å². The molecule has 3 aromatic rings. The highest BCUT2D eigenvalue weighted by molar-refractivity contribution is 5.76. The number of benzene rings is 1. The number of para-hydroxylation sites is 2. The second-order valence-electron chi connectivity index (χ2n) is 6.74. The number of aromatic nitrogens is 1. The Hall–Kier alpha value is -3.46. The van der Waals surface area contributed by atoms with Crippen LogP contribution in [0.2, 0.25) is 0 Å². The number of fused-ring (bicyclic) bond motifs is 1. The van der Waals surface area contributed by atoms with Gasteiger partial charge in [-0.3, -0.25) is 4.79 Å². The Bertz CT molecular complexity index is 1030. The molecule has 1 aromatic carbocycles. The quantitative estimate of drug-likeness (QED) is 0.653. The summed E-state index contributed by atoms with van der Waals surface area (Å²) in [5, 5.41) is 9.13. The zero-order chi connectivity index (χ0) is 19.3. The second-order valence-corrected chi connectivity index (χ2v) is 6.74. The van der Waals surface area contributed by atoms with E-state index in [1.807, 2.05) is 51.9 Å². The van der Waals surface area contributed by atoms with E-state index < -0.39 is 0 Å². The molecular formula is C22H21N3O3. The summed E-state index contributed by atoms with van der Waals surface area (Å²) in [6.07, 6.45) is 6.16. The SMILES string of the molecule is N#Cc1cc2c(Oc3ccccc3OCCC(=O)N3CCCC3)cccn2c1. The van der Waals surface area contributed by atoms with Gasteiger partial charge in [-0.25, -0.2) is 0 Å². The van der Waals surface area contributed by atoms with Crippen molar-refractivity contribution < 1.29 is 14.3 Å². The fourth-order valence-corrected chi connectivity index (χ4v) is 3.40. The number of likely N-dealkylation sites (tertiary alicyclic amines) is 1. The zero-order valence-electron chi connectivity index (χ0n) is 15.5. The number of hydrogen-bond acceptors (Lipinski definition) is 4. The third-order valence-corrected chi connectivity index (χ3v) is 4.83. The van der Waals surface area contributed by atoms with Crippen LogP contribution in [-0.4, -0.2) is 34.9 Å². The van der Waals surface area contributed by atoms with E-state index in [1.165, 1.54) is 0 Å². The highest BCUT2D eigenvalue weighted by atomic mass is 16.5. The van der Waals surface area contributed by atoms with E-state index in [0.29, 0.717) is 35.8 Å². The van der Waals surface area contributed by atoms with Gasteiger partial charge in [0.25, 0.3) is 0 Å². The number of pyridine rings is 1. The van der Waals surface area contributed by atoms with E-state index >= 15 is 0 Å². The van der Waals surface area contributed by atoms with Crippen LogP contribution in [0.4, 0.5) is 0 Å². The van der Waals surface area contributed by atoms with E-state index in [9.17, 15) is 4.79 Å². The largest absolute Gasteiger partial charge is 0.489 e. The van der Waals surface area contributed by atoms with Crippen LogP contribution in [0.25, 0.3) is 5.52 Å². The van der Waals surface area contributed by atoms with Crippen LogP contribution in [0.15, 0.2) is 54.9 Å². The summed E-state index contributed by atoms with van der Waals surface area (Å²) in [5.41, 5.74) is 1.37. The summed E-state index contributed by atoms with van der Waals surface area (Å²) in [7, 11) is 0. The average molecular weight is 375 g/mol. The second kappa shape index (κ2) is 8.05. The van der Waals surface area contributed by atoms with E-state index in [2.05, 4.69) is 6.07 Å². The number of nitrogens with zero attached hydrogens (tertiary/aromatic N) is 3. The summed E-state index contributed by atoms with van der Waals surface area (Å²) >= 11 is 0. The first kappa shape index (κ1) is 17.9. The van der Waals surface area contributed by atoms with Gasteiger partial charge in [0.05, 0.1) is 24.1 Å². The van der Waals surface area contributed by atoms with Gasteiger partial charge >= 0.3 is 0 Å². The fraction of sp³-hybridized carbons (Fsp3) is 0.273. The number of rotatable bonds is 6. The number of carbonyl (C=O) groups excluding carboxylic acids is 1. The molecule has 1 aliphatic rings. The van der Waals surface area contributed by atoms with Crippen LogP contribution >= 0.6 is 0 Å². The molecular weight excluding hydrogens is 354 g/mol. The number of nitriles is 1. The standard InChI is InChI=1S/C22H21N3O3/c23-15-17-14-18-19(8-5-12-25(18)16-17)28-21-7-2-1-6-20(21)27-13-9-22(26)24-10-3-4-11-24/h1-2,5-8,12,14,16H,3-4,9-11,13H2.